The maximum absolute atomic E-state index is 12.5. The maximum atomic E-state index is 12.5. The van der Waals surface area contributed by atoms with Gasteiger partial charge in [0.25, 0.3) is 5.56 Å². The molecule has 1 aromatic rings. The van der Waals surface area contributed by atoms with Gasteiger partial charge in [0, 0.05) is 37.4 Å². The average Bonchev–Trinajstić information content (AvgIpc) is 2.94. The zero-order chi connectivity index (χ0) is 14.1. The standard InChI is InChI=1S/C15H22N2O3/c1-16-5-4-14-11(8-16)7-12(10-18)15(19)17(14)9-13-3-2-6-20-13/h7,13,18H,2-6,8-10H2,1H3. The second-order valence-corrected chi connectivity index (χ2v) is 5.84. The Hall–Kier alpha value is -1.17. The van der Waals surface area contributed by atoms with Crippen molar-refractivity contribution < 1.29 is 9.84 Å². The van der Waals surface area contributed by atoms with Crippen LogP contribution >= 0.6 is 0 Å². The molecule has 3 heterocycles. The topological polar surface area (TPSA) is 54.7 Å². The van der Waals surface area contributed by atoms with Gasteiger partial charge in [-0.15, -0.1) is 0 Å². The van der Waals surface area contributed by atoms with Crippen molar-refractivity contribution in [2.24, 2.45) is 0 Å². The molecule has 2 aliphatic rings. The minimum atomic E-state index is -0.193. The fourth-order valence-corrected chi connectivity index (χ4v) is 3.22. The molecule has 0 bridgehead atoms. The predicted molar refractivity (Wildman–Crippen MR) is 75.6 cm³/mol. The minimum Gasteiger partial charge on any atom is -0.391 e. The van der Waals surface area contributed by atoms with Gasteiger partial charge in [-0.25, -0.2) is 0 Å². The third-order valence-electron chi connectivity index (χ3n) is 4.32. The molecule has 1 saturated heterocycles. The Morgan fingerprint density at radius 2 is 2.35 bits per heavy atom. The van der Waals surface area contributed by atoms with E-state index in [4.69, 9.17) is 4.74 Å². The quantitative estimate of drug-likeness (QED) is 0.875. The summed E-state index contributed by atoms with van der Waals surface area (Å²) in [6.07, 6.45) is 3.12. The molecule has 0 radical (unpaired) electrons. The van der Waals surface area contributed by atoms with E-state index in [2.05, 4.69) is 11.9 Å². The fourth-order valence-electron chi connectivity index (χ4n) is 3.22. The summed E-state index contributed by atoms with van der Waals surface area (Å²) in [5, 5.41) is 9.41. The lowest BCUT2D eigenvalue weighted by Crippen LogP contribution is -2.37. The van der Waals surface area contributed by atoms with Crippen LogP contribution in [0.3, 0.4) is 0 Å². The van der Waals surface area contributed by atoms with E-state index >= 15 is 0 Å². The lowest BCUT2D eigenvalue weighted by Gasteiger charge is -2.29. The molecule has 5 heteroatoms. The highest BCUT2D eigenvalue weighted by molar-refractivity contribution is 5.28. The molecule has 1 N–H and O–H groups in total. The van der Waals surface area contributed by atoms with Crippen molar-refractivity contribution in [3.05, 3.63) is 33.2 Å². The fraction of sp³-hybridized carbons (Fsp3) is 0.667. The summed E-state index contributed by atoms with van der Waals surface area (Å²) < 4.78 is 7.52. The monoisotopic (exact) mass is 278 g/mol. The van der Waals surface area contributed by atoms with Crippen LogP contribution in [0.15, 0.2) is 10.9 Å². The number of aliphatic hydroxyl groups excluding tert-OH is 1. The van der Waals surface area contributed by atoms with Crippen molar-refractivity contribution >= 4 is 0 Å². The molecule has 1 fully saturated rings. The average molecular weight is 278 g/mol. The van der Waals surface area contributed by atoms with Crippen molar-refractivity contribution in [2.75, 3.05) is 20.2 Å². The van der Waals surface area contributed by atoms with Gasteiger partial charge >= 0.3 is 0 Å². The lowest BCUT2D eigenvalue weighted by molar-refractivity contribution is 0.0946. The number of aliphatic hydroxyl groups is 1. The van der Waals surface area contributed by atoms with E-state index < -0.39 is 0 Å². The van der Waals surface area contributed by atoms with Gasteiger partial charge in [-0.1, -0.05) is 0 Å². The van der Waals surface area contributed by atoms with Crippen LogP contribution < -0.4 is 5.56 Å². The summed E-state index contributed by atoms with van der Waals surface area (Å²) in [5.74, 6) is 0. The molecule has 110 valence electrons. The number of pyridine rings is 1. The Bertz CT molecular complexity index is 547. The molecular weight excluding hydrogens is 256 g/mol. The van der Waals surface area contributed by atoms with E-state index in [9.17, 15) is 9.90 Å². The number of fused-ring (bicyclic) bond motifs is 1. The Labute approximate surface area is 118 Å². The van der Waals surface area contributed by atoms with E-state index in [0.29, 0.717) is 12.1 Å². The first-order chi connectivity index (χ1) is 9.69. The first kappa shape index (κ1) is 13.8. The number of hydrogen-bond acceptors (Lipinski definition) is 4. The van der Waals surface area contributed by atoms with Crippen molar-refractivity contribution in [2.45, 2.75) is 45.1 Å². The number of likely N-dealkylation sites (N-methyl/N-ethyl adjacent to an activating group) is 1. The molecule has 1 atom stereocenters. The van der Waals surface area contributed by atoms with Crippen LogP contribution in [-0.2, 0) is 30.9 Å². The highest BCUT2D eigenvalue weighted by Gasteiger charge is 2.23. The van der Waals surface area contributed by atoms with Crippen LogP contribution in [0.25, 0.3) is 0 Å². The van der Waals surface area contributed by atoms with Gasteiger partial charge < -0.3 is 19.3 Å². The summed E-state index contributed by atoms with van der Waals surface area (Å²) in [6, 6.07) is 1.87. The predicted octanol–water partition coefficient (Wildman–Crippen LogP) is 0.507. The van der Waals surface area contributed by atoms with Crippen molar-refractivity contribution in [3.63, 3.8) is 0 Å². The van der Waals surface area contributed by atoms with Crippen LogP contribution in [0.5, 0.6) is 0 Å². The lowest BCUT2D eigenvalue weighted by atomic mass is 10.0. The molecule has 0 amide bonds. The van der Waals surface area contributed by atoms with E-state index in [1.54, 1.807) is 0 Å². The molecule has 1 aromatic heterocycles. The molecule has 0 aliphatic carbocycles. The van der Waals surface area contributed by atoms with Crippen molar-refractivity contribution in [1.29, 1.82) is 0 Å². The van der Waals surface area contributed by atoms with E-state index in [-0.39, 0.29) is 18.3 Å². The summed E-state index contributed by atoms with van der Waals surface area (Å²) >= 11 is 0. The molecule has 2 aliphatic heterocycles. The van der Waals surface area contributed by atoms with Crippen LogP contribution in [0, 0.1) is 0 Å². The highest BCUT2D eigenvalue weighted by atomic mass is 16.5. The first-order valence-electron chi connectivity index (χ1n) is 7.34. The zero-order valence-corrected chi connectivity index (χ0v) is 12.0. The summed E-state index contributed by atoms with van der Waals surface area (Å²) in [6.45, 7) is 3.04. The normalized spacial score (nSPS) is 23.0. The number of aromatic nitrogens is 1. The molecule has 3 rings (SSSR count). The molecule has 1 unspecified atom stereocenters. The van der Waals surface area contributed by atoms with Gasteiger partial charge in [0.05, 0.1) is 19.3 Å². The Kier molecular flexibility index (Phi) is 3.92. The largest absolute Gasteiger partial charge is 0.391 e. The highest BCUT2D eigenvalue weighted by Crippen LogP contribution is 2.20. The second kappa shape index (κ2) is 5.68. The number of ether oxygens (including phenoxy) is 1. The van der Waals surface area contributed by atoms with Crippen LogP contribution in [0.2, 0.25) is 0 Å². The number of nitrogens with zero attached hydrogens (tertiary/aromatic N) is 2. The van der Waals surface area contributed by atoms with Gasteiger partial charge in [0.2, 0.25) is 0 Å². The molecule has 20 heavy (non-hydrogen) atoms. The van der Waals surface area contributed by atoms with E-state index in [0.717, 1.165) is 44.7 Å². The Morgan fingerprint density at radius 3 is 3.05 bits per heavy atom. The van der Waals surface area contributed by atoms with Crippen molar-refractivity contribution in [3.8, 4) is 0 Å². The van der Waals surface area contributed by atoms with Crippen molar-refractivity contribution in [1.82, 2.24) is 9.47 Å². The van der Waals surface area contributed by atoms with Crippen LogP contribution in [0.4, 0.5) is 0 Å². The van der Waals surface area contributed by atoms with Gasteiger partial charge in [-0.2, -0.15) is 0 Å². The van der Waals surface area contributed by atoms with Crippen LogP contribution in [-0.4, -0.2) is 40.9 Å². The summed E-state index contributed by atoms with van der Waals surface area (Å²) in [4.78, 5) is 14.7. The third-order valence-corrected chi connectivity index (χ3v) is 4.32. The minimum absolute atomic E-state index is 0.0497. The summed E-state index contributed by atoms with van der Waals surface area (Å²) in [7, 11) is 2.08. The number of rotatable bonds is 3. The van der Waals surface area contributed by atoms with Gasteiger partial charge in [-0.05, 0) is 31.5 Å². The van der Waals surface area contributed by atoms with Gasteiger partial charge in [0.15, 0.2) is 0 Å². The Morgan fingerprint density at radius 1 is 1.50 bits per heavy atom. The molecule has 0 aromatic carbocycles. The van der Waals surface area contributed by atoms with Gasteiger partial charge in [0.1, 0.15) is 0 Å². The smallest absolute Gasteiger partial charge is 0.256 e. The SMILES string of the molecule is CN1CCc2c(cc(CO)c(=O)n2CC2CCCO2)C1. The molecule has 0 saturated carbocycles. The van der Waals surface area contributed by atoms with Gasteiger partial charge in [-0.3, -0.25) is 4.79 Å². The second-order valence-electron chi connectivity index (χ2n) is 5.84. The maximum Gasteiger partial charge on any atom is 0.256 e. The molecule has 5 nitrogen and oxygen atoms in total. The molecular formula is C15H22N2O3. The summed E-state index contributed by atoms with van der Waals surface area (Å²) in [5.41, 5.74) is 2.74. The molecule has 0 spiro atoms. The van der Waals surface area contributed by atoms with Crippen LogP contribution in [0.1, 0.15) is 29.7 Å². The Balaban J connectivity index is 2.01. The zero-order valence-electron chi connectivity index (χ0n) is 12.0. The number of hydrogen-bond donors (Lipinski definition) is 1. The third kappa shape index (κ3) is 2.53. The first-order valence-corrected chi connectivity index (χ1v) is 7.34. The van der Waals surface area contributed by atoms with E-state index in [1.807, 2.05) is 10.6 Å². The van der Waals surface area contributed by atoms with E-state index in [1.165, 1.54) is 5.56 Å².